The summed E-state index contributed by atoms with van der Waals surface area (Å²) < 4.78 is 27.1. The third kappa shape index (κ3) is 5.74. The number of methoxy groups -OCH3 is 1. The molecule has 3 rings (SSSR count). The van der Waals surface area contributed by atoms with Gasteiger partial charge in [-0.25, -0.2) is 14.0 Å². The second-order valence-corrected chi connectivity index (χ2v) is 9.10. The minimum Gasteiger partial charge on any atom is -0.469 e. The minimum absolute atomic E-state index is 0.0106. The number of carbonyl (C=O) groups is 3. The van der Waals surface area contributed by atoms with Crippen molar-refractivity contribution in [3.05, 3.63) is 30.2 Å². The highest BCUT2D eigenvalue weighted by Gasteiger charge is 2.28. The van der Waals surface area contributed by atoms with E-state index in [-0.39, 0.29) is 30.8 Å². The minimum atomic E-state index is -0.855. The van der Waals surface area contributed by atoms with Crippen LogP contribution in [0.2, 0.25) is 0 Å². The molecular formula is C23H31FN4O5. The molecule has 0 saturated carbocycles. The first-order chi connectivity index (χ1) is 15.5. The van der Waals surface area contributed by atoms with Crippen LogP contribution in [0.5, 0.6) is 0 Å². The molecule has 1 aliphatic heterocycles. The number of benzene rings is 1. The lowest BCUT2D eigenvalue weighted by atomic mass is 10.0. The fraction of sp³-hybridized carbons (Fsp3) is 0.522. The Hall–Kier alpha value is -3.30. The number of hydrogen-bond donors (Lipinski definition) is 1. The molecule has 1 saturated heterocycles. The number of carbonyl (C=O) groups excluding carboxylic acids is 3. The third-order valence-electron chi connectivity index (χ3n) is 5.62. The zero-order chi connectivity index (χ0) is 24.3. The summed E-state index contributed by atoms with van der Waals surface area (Å²) >= 11 is 0. The summed E-state index contributed by atoms with van der Waals surface area (Å²) in [7, 11) is 1.24. The van der Waals surface area contributed by atoms with Gasteiger partial charge in [0.1, 0.15) is 11.4 Å². The Labute approximate surface area is 192 Å². The lowest BCUT2D eigenvalue weighted by molar-refractivity contribution is -0.140. The first-order valence-electron chi connectivity index (χ1n) is 10.9. The summed E-state index contributed by atoms with van der Waals surface area (Å²) in [6, 6.07) is 4.01. The molecule has 0 spiro atoms. The average molecular weight is 463 g/mol. The van der Waals surface area contributed by atoms with Crippen molar-refractivity contribution in [3.63, 3.8) is 0 Å². The number of hydrogen-bond acceptors (Lipinski definition) is 5. The monoisotopic (exact) mass is 462 g/mol. The first kappa shape index (κ1) is 24.3. The summed E-state index contributed by atoms with van der Waals surface area (Å²) in [5.74, 6) is -1.14. The van der Waals surface area contributed by atoms with Crippen molar-refractivity contribution in [2.75, 3.05) is 31.6 Å². The molecule has 2 N–H and O–H groups in total. The van der Waals surface area contributed by atoms with Crippen LogP contribution in [-0.4, -0.2) is 59.9 Å². The number of anilines is 1. The second-order valence-electron chi connectivity index (χ2n) is 9.10. The van der Waals surface area contributed by atoms with Gasteiger partial charge in [0.15, 0.2) is 0 Å². The number of ether oxygens (including phenoxy) is 2. The number of rotatable bonds is 5. The summed E-state index contributed by atoms with van der Waals surface area (Å²) in [4.78, 5) is 38.4. The van der Waals surface area contributed by atoms with Crippen molar-refractivity contribution in [1.82, 2.24) is 9.47 Å². The van der Waals surface area contributed by atoms with Gasteiger partial charge >= 0.3 is 18.1 Å². The molecule has 33 heavy (non-hydrogen) atoms. The van der Waals surface area contributed by atoms with Crippen LogP contribution in [0.3, 0.4) is 0 Å². The molecule has 180 valence electrons. The van der Waals surface area contributed by atoms with Crippen LogP contribution in [0, 0.1) is 5.82 Å². The maximum Gasteiger partial charge on any atom is 0.410 e. The van der Waals surface area contributed by atoms with Gasteiger partial charge < -0.3 is 24.7 Å². The Morgan fingerprint density at radius 3 is 2.45 bits per heavy atom. The summed E-state index contributed by atoms with van der Waals surface area (Å²) in [6.07, 6.45) is 2.86. The topological polar surface area (TPSA) is 107 Å². The predicted octanol–water partition coefficient (Wildman–Crippen LogP) is 3.80. The largest absolute Gasteiger partial charge is 0.469 e. The quantitative estimate of drug-likeness (QED) is 0.680. The van der Waals surface area contributed by atoms with E-state index in [0.29, 0.717) is 31.4 Å². The number of nitrogens with zero attached hydrogens (tertiary/aromatic N) is 3. The summed E-state index contributed by atoms with van der Waals surface area (Å²) in [5.41, 5.74) is 5.58. The third-order valence-corrected chi connectivity index (χ3v) is 5.62. The van der Waals surface area contributed by atoms with Crippen LogP contribution in [0.4, 0.5) is 19.7 Å². The van der Waals surface area contributed by atoms with Gasteiger partial charge in [0.05, 0.1) is 24.7 Å². The van der Waals surface area contributed by atoms with Crippen LogP contribution in [0.1, 0.15) is 46.1 Å². The molecule has 1 fully saturated rings. The van der Waals surface area contributed by atoms with E-state index < -0.39 is 23.4 Å². The van der Waals surface area contributed by atoms with Gasteiger partial charge in [-0.15, -0.1) is 0 Å². The van der Waals surface area contributed by atoms with E-state index in [1.807, 2.05) is 37.6 Å². The lowest BCUT2D eigenvalue weighted by Crippen LogP contribution is -2.42. The average Bonchev–Trinajstić information content (AvgIpc) is 3.15. The number of piperidine rings is 1. The smallest absolute Gasteiger partial charge is 0.410 e. The molecule has 2 heterocycles. The fourth-order valence-corrected chi connectivity index (χ4v) is 4.00. The van der Waals surface area contributed by atoms with E-state index in [2.05, 4.69) is 4.74 Å². The number of fused-ring (bicyclic) bond motifs is 1. The van der Waals surface area contributed by atoms with E-state index >= 15 is 4.39 Å². The predicted molar refractivity (Wildman–Crippen MR) is 122 cm³/mol. The molecule has 2 aromatic rings. The molecule has 3 amide bonds. The fourth-order valence-electron chi connectivity index (χ4n) is 4.00. The van der Waals surface area contributed by atoms with E-state index in [9.17, 15) is 14.4 Å². The molecule has 0 radical (unpaired) electrons. The molecule has 0 bridgehead atoms. The van der Waals surface area contributed by atoms with Gasteiger partial charge in [-0.05, 0) is 45.7 Å². The second kappa shape index (κ2) is 9.68. The SMILES string of the molecule is COC(=O)CCN(C(N)=O)c1cc2ccn(C3CCN(C(=O)OC(C)(C)C)CC3)c2cc1F. The number of aromatic nitrogens is 1. The molecule has 0 unspecified atom stereocenters. The Kier molecular flexibility index (Phi) is 7.14. The molecular weight excluding hydrogens is 431 g/mol. The molecule has 0 aliphatic carbocycles. The van der Waals surface area contributed by atoms with Crippen molar-refractivity contribution < 1.29 is 28.2 Å². The molecule has 10 heteroatoms. The number of halogens is 1. The molecule has 1 aliphatic rings. The standard InChI is InChI=1S/C23H31FN4O5/c1-23(2,3)33-22(31)26-9-6-16(7-10-26)27-11-5-15-13-19(17(24)14-18(15)27)28(21(25)30)12-8-20(29)32-4/h5,11,13-14,16H,6-10,12H2,1-4H3,(H2,25,30). The van der Waals surface area contributed by atoms with Gasteiger partial charge in [0, 0.05) is 43.3 Å². The van der Waals surface area contributed by atoms with Crippen molar-refractivity contribution in [2.45, 2.75) is 51.7 Å². The number of urea groups is 1. The Balaban J connectivity index is 1.77. The maximum absolute atomic E-state index is 15.0. The maximum atomic E-state index is 15.0. The molecule has 0 atom stereocenters. The van der Waals surface area contributed by atoms with E-state index in [0.717, 1.165) is 10.3 Å². The van der Waals surface area contributed by atoms with Crippen molar-refractivity contribution >= 4 is 34.7 Å². The van der Waals surface area contributed by atoms with Gasteiger partial charge in [-0.1, -0.05) is 0 Å². The zero-order valence-corrected chi connectivity index (χ0v) is 19.5. The number of esters is 1. The van der Waals surface area contributed by atoms with Crippen LogP contribution in [0.25, 0.3) is 10.9 Å². The highest BCUT2D eigenvalue weighted by Crippen LogP contribution is 2.32. The van der Waals surface area contributed by atoms with E-state index in [1.165, 1.54) is 13.2 Å². The normalized spacial score (nSPS) is 14.9. The van der Waals surface area contributed by atoms with Gasteiger partial charge in [-0.2, -0.15) is 0 Å². The highest BCUT2D eigenvalue weighted by atomic mass is 19.1. The Bertz CT molecular complexity index is 1040. The number of amides is 3. The van der Waals surface area contributed by atoms with Crippen LogP contribution < -0.4 is 10.6 Å². The van der Waals surface area contributed by atoms with Crippen molar-refractivity contribution in [2.24, 2.45) is 5.73 Å². The Morgan fingerprint density at radius 1 is 1.21 bits per heavy atom. The Morgan fingerprint density at radius 2 is 1.88 bits per heavy atom. The van der Waals surface area contributed by atoms with Crippen molar-refractivity contribution in [3.8, 4) is 0 Å². The molecule has 9 nitrogen and oxygen atoms in total. The van der Waals surface area contributed by atoms with Gasteiger partial charge in [-0.3, -0.25) is 9.69 Å². The van der Waals surface area contributed by atoms with E-state index in [4.69, 9.17) is 10.5 Å². The van der Waals surface area contributed by atoms with Crippen molar-refractivity contribution in [1.29, 1.82) is 0 Å². The van der Waals surface area contributed by atoms with Crippen LogP contribution in [0.15, 0.2) is 24.4 Å². The summed E-state index contributed by atoms with van der Waals surface area (Å²) in [6.45, 7) is 6.50. The zero-order valence-electron chi connectivity index (χ0n) is 19.5. The highest BCUT2D eigenvalue weighted by molar-refractivity contribution is 5.95. The summed E-state index contributed by atoms with van der Waals surface area (Å²) in [5, 5.41) is 0.741. The van der Waals surface area contributed by atoms with E-state index in [1.54, 1.807) is 11.0 Å². The van der Waals surface area contributed by atoms with Gasteiger partial charge in [0.2, 0.25) is 0 Å². The number of nitrogens with two attached hydrogens (primary N) is 1. The number of likely N-dealkylation sites (tertiary alicyclic amines) is 1. The number of primary amides is 1. The van der Waals surface area contributed by atoms with Crippen LogP contribution >= 0.6 is 0 Å². The van der Waals surface area contributed by atoms with Gasteiger partial charge in [0.25, 0.3) is 0 Å². The molecule has 1 aromatic heterocycles. The first-order valence-corrected chi connectivity index (χ1v) is 10.9. The van der Waals surface area contributed by atoms with Crippen LogP contribution in [-0.2, 0) is 14.3 Å². The molecule has 1 aromatic carbocycles. The lowest BCUT2D eigenvalue weighted by Gasteiger charge is -2.34.